The molecule has 19 heavy (non-hydrogen) atoms. The highest BCUT2D eigenvalue weighted by Gasteiger charge is 2.29. The lowest BCUT2D eigenvalue weighted by Gasteiger charge is -2.30. The average Bonchev–Trinajstić information content (AvgIpc) is 2.36. The number of hydrogen-bond acceptors (Lipinski definition) is 3. The lowest BCUT2D eigenvalue weighted by atomic mass is 9.96. The average molecular weight is 263 g/mol. The minimum absolute atomic E-state index is 0.299. The number of para-hydroxylation sites is 1. The molecule has 0 spiro atoms. The first-order valence-electron chi connectivity index (χ1n) is 6.72. The van der Waals surface area contributed by atoms with Crippen molar-refractivity contribution in [2.45, 2.75) is 32.7 Å². The van der Waals surface area contributed by atoms with E-state index in [1.807, 2.05) is 33.0 Å². The molecule has 106 valence electrons. The number of hydrogen-bond donors (Lipinski definition) is 2. The SMILES string of the molecule is CCNC(C)(CCN(C)c1ccccc1C)C(N)=O. The van der Waals surface area contributed by atoms with Gasteiger partial charge in [-0.1, -0.05) is 25.1 Å². The second-order valence-electron chi connectivity index (χ2n) is 5.18. The van der Waals surface area contributed by atoms with Crippen LogP contribution in [-0.4, -0.2) is 31.6 Å². The van der Waals surface area contributed by atoms with Crippen LogP contribution in [0.2, 0.25) is 0 Å². The van der Waals surface area contributed by atoms with E-state index in [1.54, 1.807) is 0 Å². The summed E-state index contributed by atoms with van der Waals surface area (Å²) in [5, 5.41) is 3.18. The van der Waals surface area contributed by atoms with Crippen molar-refractivity contribution in [3.63, 3.8) is 0 Å². The van der Waals surface area contributed by atoms with Crippen LogP contribution in [0.25, 0.3) is 0 Å². The van der Waals surface area contributed by atoms with Gasteiger partial charge in [-0.2, -0.15) is 0 Å². The summed E-state index contributed by atoms with van der Waals surface area (Å²) in [5.74, 6) is -0.299. The highest BCUT2D eigenvalue weighted by atomic mass is 16.1. The summed E-state index contributed by atoms with van der Waals surface area (Å²) < 4.78 is 0. The molecular formula is C15H25N3O. The molecule has 0 aliphatic carbocycles. The summed E-state index contributed by atoms with van der Waals surface area (Å²) in [6.07, 6.45) is 0.682. The zero-order valence-corrected chi connectivity index (χ0v) is 12.4. The van der Waals surface area contributed by atoms with Crippen molar-refractivity contribution in [1.82, 2.24) is 5.32 Å². The predicted molar refractivity (Wildman–Crippen MR) is 80.3 cm³/mol. The van der Waals surface area contributed by atoms with Crippen LogP contribution in [-0.2, 0) is 4.79 Å². The first-order valence-corrected chi connectivity index (χ1v) is 6.72. The molecule has 1 rings (SSSR count). The molecule has 0 saturated carbocycles. The molecule has 1 aromatic rings. The Morgan fingerprint density at radius 1 is 1.42 bits per heavy atom. The Bertz CT molecular complexity index is 433. The zero-order valence-electron chi connectivity index (χ0n) is 12.4. The number of anilines is 1. The van der Waals surface area contributed by atoms with Crippen LogP contribution in [0.4, 0.5) is 5.69 Å². The summed E-state index contributed by atoms with van der Waals surface area (Å²) in [4.78, 5) is 13.7. The molecule has 0 aliphatic rings. The van der Waals surface area contributed by atoms with Gasteiger partial charge in [0.05, 0.1) is 5.54 Å². The fraction of sp³-hybridized carbons (Fsp3) is 0.533. The van der Waals surface area contributed by atoms with Crippen LogP contribution in [0.1, 0.15) is 25.8 Å². The number of amides is 1. The maximum Gasteiger partial charge on any atom is 0.237 e. The monoisotopic (exact) mass is 263 g/mol. The third kappa shape index (κ3) is 3.96. The van der Waals surface area contributed by atoms with Crippen molar-refractivity contribution >= 4 is 11.6 Å². The number of likely N-dealkylation sites (N-methyl/N-ethyl adjacent to an activating group) is 1. The van der Waals surface area contributed by atoms with E-state index in [0.717, 1.165) is 13.1 Å². The fourth-order valence-electron chi connectivity index (χ4n) is 2.19. The summed E-state index contributed by atoms with van der Waals surface area (Å²) in [7, 11) is 2.04. The third-order valence-electron chi connectivity index (χ3n) is 3.58. The van der Waals surface area contributed by atoms with E-state index in [4.69, 9.17) is 5.73 Å². The number of rotatable bonds is 7. The van der Waals surface area contributed by atoms with Gasteiger partial charge in [0.25, 0.3) is 0 Å². The van der Waals surface area contributed by atoms with Gasteiger partial charge in [-0.15, -0.1) is 0 Å². The number of nitrogens with one attached hydrogen (secondary N) is 1. The minimum Gasteiger partial charge on any atom is -0.374 e. The van der Waals surface area contributed by atoms with Gasteiger partial charge in [0, 0.05) is 19.3 Å². The number of aryl methyl sites for hydroxylation is 1. The lowest BCUT2D eigenvalue weighted by molar-refractivity contribution is -0.123. The first kappa shape index (κ1) is 15.5. The van der Waals surface area contributed by atoms with Crippen molar-refractivity contribution in [2.75, 3.05) is 25.0 Å². The quantitative estimate of drug-likeness (QED) is 0.787. The number of nitrogens with zero attached hydrogens (tertiary/aromatic N) is 1. The maximum absolute atomic E-state index is 11.6. The van der Waals surface area contributed by atoms with Gasteiger partial charge in [-0.25, -0.2) is 0 Å². The summed E-state index contributed by atoms with van der Waals surface area (Å²) >= 11 is 0. The fourth-order valence-corrected chi connectivity index (χ4v) is 2.19. The molecule has 0 aliphatic heterocycles. The van der Waals surface area contributed by atoms with Gasteiger partial charge < -0.3 is 16.0 Å². The number of carbonyl (C=O) groups excluding carboxylic acids is 1. The maximum atomic E-state index is 11.6. The summed E-state index contributed by atoms with van der Waals surface area (Å²) in [6, 6.07) is 8.23. The van der Waals surface area contributed by atoms with Crippen LogP contribution >= 0.6 is 0 Å². The second kappa shape index (κ2) is 6.57. The van der Waals surface area contributed by atoms with Crippen LogP contribution in [0.5, 0.6) is 0 Å². The van der Waals surface area contributed by atoms with Gasteiger partial charge in [0.1, 0.15) is 0 Å². The Morgan fingerprint density at radius 2 is 2.05 bits per heavy atom. The highest BCUT2D eigenvalue weighted by Crippen LogP contribution is 2.19. The van der Waals surface area contributed by atoms with Gasteiger partial charge in [0.15, 0.2) is 0 Å². The Hall–Kier alpha value is -1.55. The van der Waals surface area contributed by atoms with Crippen molar-refractivity contribution in [1.29, 1.82) is 0 Å². The molecule has 1 aromatic carbocycles. The van der Waals surface area contributed by atoms with E-state index in [-0.39, 0.29) is 5.91 Å². The van der Waals surface area contributed by atoms with Crippen molar-refractivity contribution in [3.05, 3.63) is 29.8 Å². The van der Waals surface area contributed by atoms with E-state index in [9.17, 15) is 4.79 Å². The van der Waals surface area contributed by atoms with Crippen molar-refractivity contribution in [2.24, 2.45) is 5.73 Å². The molecule has 1 atom stereocenters. The molecule has 4 heteroatoms. The zero-order chi connectivity index (χ0) is 14.5. The third-order valence-corrected chi connectivity index (χ3v) is 3.58. The highest BCUT2D eigenvalue weighted by molar-refractivity contribution is 5.84. The minimum atomic E-state index is -0.647. The van der Waals surface area contributed by atoms with Gasteiger partial charge in [-0.05, 0) is 38.4 Å². The Labute approximate surface area is 116 Å². The van der Waals surface area contributed by atoms with Gasteiger partial charge >= 0.3 is 0 Å². The topological polar surface area (TPSA) is 58.4 Å². The Morgan fingerprint density at radius 3 is 2.58 bits per heavy atom. The van der Waals surface area contributed by atoms with E-state index in [0.29, 0.717) is 6.42 Å². The predicted octanol–water partition coefficient (Wildman–Crippen LogP) is 1.67. The molecule has 0 fully saturated rings. The molecule has 0 aromatic heterocycles. The molecule has 1 unspecified atom stereocenters. The molecular weight excluding hydrogens is 238 g/mol. The molecule has 0 bridgehead atoms. The van der Waals surface area contributed by atoms with E-state index < -0.39 is 5.54 Å². The molecule has 4 nitrogen and oxygen atoms in total. The molecule has 0 saturated heterocycles. The molecule has 0 radical (unpaired) electrons. The van der Waals surface area contributed by atoms with Crippen LogP contribution < -0.4 is 16.0 Å². The lowest BCUT2D eigenvalue weighted by Crippen LogP contribution is -2.54. The number of benzene rings is 1. The van der Waals surface area contributed by atoms with Gasteiger partial charge in [0.2, 0.25) is 5.91 Å². The standard InChI is InChI=1S/C15H25N3O/c1-5-17-15(3,14(16)19)10-11-18(4)13-9-7-6-8-12(13)2/h6-9,17H,5,10-11H2,1-4H3,(H2,16,19). The first-order chi connectivity index (χ1) is 8.90. The largest absolute Gasteiger partial charge is 0.374 e. The van der Waals surface area contributed by atoms with E-state index in [2.05, 4.69) is 29.3 Å². The number of nitrogens with two attached hydrogens (primary N) is 1. The second-order valence-corrected chi connectivity index (χ2v) is 5.18. The van der Waals surface area contributed by atoms with Crippen LogP contribution in [0.15, 0.2) is 24.3 Å². The molecule has 3 N–H and O–H groups in total. The summed E-state index contributed by atoms with van der Waals surface area (Å²) in [6.45, 7) is 7.44. The van der Waals surface area contributed by atoms with Crippen LogP contribution in [0.3, 0.4) is 0 Å². The van der Waals surface area contributed by atoms with Crippen LogP contribution in [0, 0.1) is 6.92 Å². The number of carbonyl (C=O) groups is 1. The summed E-state index contributed by atoms with van der Waals surface area (Å²) in [5.41, 5.74) is 7.26. The molecule has 0 heterocycles. The molecule has 1 amide bonds. The number of primary amides is 1. The van der Waals surface area contributed by atoms with E-state index in [1.165, 1.54) is 11.3 Å². The van der Waals surface area contributed by atoms with E-state index >= 15 is 0 Å². The Kier molecular flexibility index (Phi) is 5.36. The smallest absolute Gasteiger partial charge is 0.237 e. The van der Waals surface area contributed by atoms with Gasteiger partial charge in [-0.3, -0.25) is 4.79 Å². The van der Waals surface area contributed by atoms with Crippen molar-refractivity contribution in [3.8, 4) is 0 Å². The normalized spacial score (nSPS) is 13.9. The van der Waals surface area contributed by atoms with Crippen molar-refractivity contribution < 1.29 is 4.79 Å². The Balaban J connectivity index is 2.70.